The van der Waals surface area contributed by atoms with Crippen LogP contribution in [0.5, 0.6) is 5.75 Å². The lowest BCUT2D eigenvalue weighted by Crippen LogP contribution is -2.02. The third kappa shape index (κ3) is 3.01. The average molecular weight is 256 g/mol. The number of rotatable bonds is 4. The molecule has 1 atom stereocenters. The third-order valence-electron chi connectivity index (χ3n) is 2.23. The molecule has 17 heavy (non-hydrogen) atoms. The minimum absolute atomic E-state index is 0.0853. The molecule has 2 aromatic rings. The van der Waals surface area contributed by atoms with E-state index in [2.05, 4.69) is 4.74 Å². The molecule has 0 aliphatic rings. The van der Waals surface area contributed by atoms with Crippen molar-refractivity contribution >= 4 is 11.3 Å². The molecule has 1 unspecified atom stereocenters. The van der Waals surface area contributed by atoms with Crippen molar-refractivity contribution in [1.29, 1.82) is 0 Å². The van der Waals surface area contributed by atoms with Crippen LogP contribution in [-0.4, -0.2) is 11.7 Å². The molecule has 1 aromatic heterocycles. The molecule has 0 bridgehead atoms. The Labute approximate surface area is 101 Å². The summed E-state index contributed by atoms with van der Waals surface area (Å²) in [4.78, 5) is 0.813. The van der Waals surface area contributed by atoms with Crippen LogP contribution in [0.1, 0.15) is 16.5 Å². The van der Waals surface area contributed by atoms with Gasteiger partial charge in [-0.25, -0.2) is 0 Å². The van der Waals surface area contributed by atoms with Gasteiger partial charge >= 0.3 is 6.61 Å². The lowest BCUT2D eigenvalue weighted by Gasteiger charge is -2.10. The van der Waals surface area contributed by atoms with Gasteiger partial charge in [-0.05, 0) is 29.1 Å². The summed E-state index contributed by atoms with van der Waals surface area (Å²) in [6.45, 7) is -2.83. The molecule has 0 aliphatic heterocycles. The zero-order valence-corrected chi connectivity index (χ0v) is 9.53. The first-order valence-corrected chi connectivity index (χ1v) is 5.81. The summed E-state index contributed by atoms with van der Waals surface area (Å²) >= 11 is 1.44. The zero-order valence-electron chi connectivity index (χ0n) is 8.72. The van der Waals surface area contributed by atoms with Crippen LogP contribution in [0.2, 0.25) is 0 Å². The Morgan fingerprint density at radius 1 is 1.12 bits per heavy atom. The van der Waals surface area contributed by atoms with Crippen molar-refractivity contribution in [3.63, 3.8) is 0 Å². The number of halogens is 2. The fourth-order valence-corrected chi connectivity index (χ4v) is 2.18. The van der Waals surface area contributed by atoms with Gasteiger partial charge in [0.15, 0.2) is 0 Å². The lowest BCUT2D eigenvalue weighted by molar-refractivity contribution is -0.0498. The van der Waals surface area contributed by atoms with E-state index < -0.39 is 12.7 Å². The standard InChI is InChI=1S/C12H10F2O2S/c13-12(14)16-9-5-3-8(4-6-9)11(15)10-2-1-7-17-10/h1-7,11-12,15H. The summed E-state index contributed by atoms with van der Waals surface area (Å²) in [6.07, 6.45) is -0.726. The van der Waals surface area contributed by atoms with E-state index in [1.54, 1.807) is 12.1 Å². The maximum atomic E-state index is 11.9. The monoisotopic (exact) mass is 256 g/mol. The van der Waals surface area contributed by atoms with Crippen LogP contribution in [0.15, 0.2) is 41.8 Å². The summed E-state index contributed by atoms with van der Waals surface area (Å²) in [5.41, 5.74) is 0.647. The van der Waals surface area contributed by atoms with Gasteiger partial charge in [-0.2, -0.15) is 8.78 Å². The predicted molar refractivity (Wildman–Crippen MR) is 61.5 cm³/mol. The number of aliphatic hydroxyl groups excluding tert-OH is 1. The highest BCUT2D eigenvalue weighted by atomic mass is 32.1. The normalized spacial score (nSPS) is 12.7. The van der Waals surface area contributed by atoms with Crippen molar-refractivity contribution in [3.05, 3.63) is 52.2 Å². The molecule has 0 aliphatic carbocycles. The molecule has 2 rings (SSSR count). The molecule has 1 heterocycles. The third-order valence-corrected chi connectivity index (χ3v) is 3.16. The zero-order chi connectivity index (χ0) is 12.3. The summed E-state index contributed by atoms with van der Waals surface area (Å²) in [6, 6.07) is 9.64. The first-order chi connectivity index (χ1) is 8.16. The maximum Gasteiger partial charge on any atom is 0.387 e. The molecule has 0 radical (unpaired) electrons. The predicted octanol–water partition coefficient (Wildman–Crippen LogP) is 3.43. The van der Waals surface area contributed by atoms with Gasteiger partial charge in [-0.3, -0.25) is 0 Å². The molecule has 0 spiro atoms. The highest BCUT2D eigenvalue weighted by Crippen LogP contribution is 2.27. The summed E-state index contributed by atoms with van der Waals surface area (Å²) in [5, 5.41) is 11.8. The van der Waals surface area contributed by atoms with Crippen LogP contribution in [0, 0.1) is 0 Å². The number of alkyl halides is 2. The van der Waals surface area contributed by atoms with E-state index in [0.29, 0.717) is 5.56 Å². The number of aliphatic hydroxyl groups is 1. The largest absolute Gasteiger partial charge is 0.435 e. The molecular weight excluding hydrogens is 246 g/mol. The van der Waals surface area contributed by atoms with Crippen LogP contribution in [0.4, 0.5) is 8.78 Å². The van der Waals surface area contributed by atoms with Crippen LogP contribution < -0.4 is 4.74 Å². The topological polar surface area (TPSA) is 29.5 Å². The number of hydrogen-bond acceptors (Lipinski definition) is 3. The minimum Gasteiger partial charge on any atom is -0.435 e. The van der Waals surface area contributed by atoms with Crippen LogP contribution in [0.3, 0.4) is 0 Å². The average Bonchev–Trinajstić information content (AvgIpc) is 2.82. The van der Waals surface area contributed by atoms with Gasteiger partial charge in [0.1, 0.15) is 11.9 Å². The number of thiophene rings is 1. The molecule has 0 amide bonds. The highest BCUT2D eigenvalue weighted by molar-refractivity contribution is 7.10. The SMILES string of the molecule is OC(c1ccc(OC(F)F)cc1)c1cccs1. The van der Waals surface area contributed by atoms with Crippen molar-refractivity contribution in [3.8, 4) is 5.75 Å². The Bertz CT molecular complexity index is 454. The van der Waals surface area contributed by atoms with E-state index >= 15 is 0 Å². The van der Waals surface area contributed by atoms with Crippen molar-refractivity contribution in [1.82, 2.24) is 0 Å². The van der Waals surface area contributed by atoms with Gasteiger partial charge < -0.3 is 9.84 Å². The van der Waals surface area contributed by atoms with Crippen LogP contribution in [0.25, 0.3) is 0 Å². The van der Waals surface area contributed by atoms with E-state index in [1.165, 1.54) is 23.5 Å². The summed E-state index contributed by atoms with van der Waals surface area (Å²) in [7, 11) is 0. The van der Waals surface area contributed by atoms with E-state index in [9.17, 15) is 13.9 Å². The quantitative estimate of drug-likeness (QED) is 0.908. The Morgan fingerprint density at radius 2 is 1.82 bits per heavy atom. The molecule has 90 valence electrons. The van der Waals surface area contributed by atoms with E-state index in [-0.39, 0.29) is 5.75 Å². The second kappa shape index (κ2) is 5.25. The van der Waals surface area contributed by atoms with Crippen molar-refractivity contribution < 1.29 is 18.6 Å². The van der Waals surface area contributed by atoms with Gasteiger partial charge in [-0.1, -0.05) is 18.2 Å². The summed E-state index contributed by atoms with van der Waals surface area (Å²) < 4.78 is 28.1. The Morgan fingerprint density at radius 3 is 2.35 bits per heavy atom. The Hall–Kier alpha value is -1.46. The van der Waals surface area contributed by atoms with Gasteiger partial charge in [0.25, 0.3) is 0 Å². The van der Waals surface area contributed by atoms with Gasteiger partial charge in [0.05, 0.1) is 0 Å². The molecule has 5 heteroatoms. The molecular formula is C12H10F2O2S. The highest BCUT2D eigenvalue weighted by Gasteiger charge is 2.11. The molecule has 0 fully saturated rings. The molecule has 2 nitrogen and oxygen atoms in total. The Kier molecular flexibility index (Phi) is 3.71. The fourth-order valence-electron chi connectivity index (χ4n) is 1.44. The second-order valence-electron chi connectivity index (χ2n) is 3.37. The Balaban J connectivity index is 2.12. The lowest BCUT2D eigenvalue weighted by atomic mass is 10.1. The molecule has 1 N–H and O–H groups in total. The van der Waals surface area contributed by atoms with Crippen molar-refractivity contribution in [2.24, 2.45) is 0 Å². The maximum absolute atomic E-state index is 11.9. The number of hydrogen-bond donors (Lipinski definition) is 1. The minimum atomic E-state index is -2.83. The van der Waals surface area contributed by atoms with E-state index in [1.807, 2.05) is 17.5 Å². The molecule has 0 saturated heterocycles. The molecule has 0 saturated carbocycles. The van der Waals surface area contributed by atoms with Crippen molar-refractivity contribution in [2.75, 3.05) is 0 Å². The smallest absolute Gasteiger partial charge is 0.387 e. The van der Waals surface area contributed by atoms with Crippen LogP contribution >= 0.6 is 11.3 Å². The number of benzene rings is 1. The van der Waals surface area contributed by atoms with Gasteiger partial charge in [0, 0.05) is 4.88 Å². The summed E-state index contributed by atoms with van der Waals surface area (Å²) in [5.74, 6) is 0.0853. The second-order valence-corrected chi connectivity index (χ2v) is 4.34. The van der Waals surface area contributed by atoms with E-state index in [4.69, 9.17) is 0 Å². The first-order valence-electron chi connectivity index (χ1n) is 4.93. The van der Waals surface area contributed by atoms with Gasteiger partial charge in [0.2, 0.25) is 0 Å². The van der Waals surface area contributed by atoms with Crippen LogP contribution in [-0.2, 0) is 0 Å². The van der Waals surface area contributed by atoms with Crippen molar-refractivity contribution in [2.45, 2.75) is 12.7 Å². The first kappa shape index (κ1) is 12.0. The van der Waals surface area contributed by atoms with Gasteiger partial charge in [-0.15, -0.1) is 11.3 Å². The number of ether oxygens (including phenoxy) is 1. The fraction of sp³-hybridized carbons (Fsp3) is 0.167. The van der Waals surface area contributed by atoms with E-state index in [0.717, 1.165) is 4.88 Å². The molecule has 1 aromatic carbocycles.